The van der Waals surface area contributed by atoms with Gasteiger partial charge >= 0.3 is 0 Å². The van der Waals surface area contributed by atoms with E-state index in [2.05, 4.69) is 5.32 Å². The first-order valence-corrected chi connectivity index (χ1v) is 9.99. The minimum atomic E-state index is -3.31. The number of benzene rings is 1. The van der Waals surface area contributed by atoms with E-state index in [-0.39, 0.29) is 24.7 Å². The minimum Gasteiger partial charge on any atom is -0.356 e. The van der Waals surface area contributed by atoms with E-state index in [1.165, 1.54) is 22.7 Å². The van der Waals surface area contributed by atoms with Crippen LogP contribution in [0, 0.1) is 11.7 Å². The summed E-state index contributed by atoms with van der Waals surface area (Å²) < 4.78 is 37.6. The molecule has 0 aromatic heterocycles. The van der Waals surface area contributed by atoms with Crippen LogP contribution in [0.5, 0.6) is 0 Å². The highest BCUT2D eigenvalue weighted by molar-refractivity contribution is 7.88. The number of amides is 1. The third-order valence-electron chi connectivity index (χ3n) is 3.66. The second kappa shape index (κ2) is 9.74. The molecule has 0 fully saturated rings. The summed E-state index contributed by atoms with van der Waals surface area (Å²) >= 11 is 0. The zero-order valence-electron chi connectivity index (χ0n) is 14.6. The van der Waals surface area contributed by atoms with Crippen LogP contribution in [0.4, 0.5) is 4.39 Å². The number of nitrogens with one attached hydrogen (secondary N) is 1. The normalized spacial score (nSPS) is 11.9. The zero-order valence-corrected chi connectivity index (χ0v) is 15.4. The van der Waals surface area contributed by atoms with Gasteiger partial charge in [0, 0.05) is 26.1 Å². The number of halogens is 1. The predicted octanol–water partition coefficient (Wildman–Crippen LogP) is 2.18. The van der Waals surface area contributed by atoms with E-state index < -0.39 is 10.0 Å². The lowest BCUT2D eigenvalue weighted by Crippen LogP contribution is -2.36. The second-order valence-electron chi connectivity index (χ2n) is 6.32. The van der Waals surface area contributed by atoms with Gasteiger partial charge in [0.15, 0.2) is 0 Å². The molecule has 0 radical (unpaired) electrons. The number of nitrogens with zero attached hydrogens (tertiary/aromatic N) is 1. The van der Waals surface area contributed by atoms with Gasteiger partial charge in [-0.3, -0.25) is 4.79 Å². The van der Waals surface area contributed by atoms with Crippen molar-refractivity contribution in [3.05, 3.63) is 35.6 Å². The lowest BCUT2D eigenvalue weighted by atomic mass is 10.1. The van der Waals surface area contributed by atoms with Gasteiger partial charge in [-0.15, -0.1) is 0 Å². The predicted molar refractivity (Wildman–Crippen MR) is 93.6 cm³/mol. The smallest absolute Gasteiger partial charge is 0.221 e. The van der Waals surface area contributed by atoms with Crippen LogP contribution in [0.3, 0.4) is 0 Å². The average molecular weight is 358 g/mol. The Morgan fingerprint density at radius 1 is 1.21 bits per heavy atom. The van der Waals surface area contributed by atoms with Gasteiger partial charge in [0.05, 0.1) is 6.26 Å². The molecule has 1 N–H and O–H groups in total. The van der Waals surface area contributed by atoms with Gasteiger partial charge in [-0.25, -0.2) is 17.1 Å². The quantitative estimate of drug-likeness (QED) is 0.697. The molecular weight excluding hydrogens is 331 g/mol. The maximum absolute atomic E-state index is 12.8. The largest absolute Gasteiger partial charge is 0.356 e. The van der Waals surface area contributed by atoms with E-state index in [0.717, 1.165) is 12.0 Å². The van der Waals surface area contributed by atoms with Crippen LogP contribution in [-0.2, 0) is 21.2 Å². The number of hydrogen-bond acceptors (Lipinski definition) is 3. The molecule has 0 heterocycles. The zero-order chi connectivity index (χ0) is 18.2. The van der Waals surface area contributed by atoms with Crippen LogP contribution in [0.1, 0.15) is 32.3 Å². The van der Waals surface area contributed by atoms with Gasteiger partial charge in [-0.2, -0.15) is 0 Å². The first kappa shape index (κ1) is 20.6. The third kappa shape index (κ3) is 8.40. The first-order valence-electron chi connectivity index (χ1n) is 8.14. The summed E-state index contributed by atoms with van der Waals surface area (Å²) in [4.78, 5) is 11.9. The second-order valence-corrected chi connectivity index (χ2v) is 8.30. The Hall–Kier alpha value is -1.47. The van der Waals surface area contributed by atoms with Gasteiger partial charge in [-0.1, -0.05) is 26.0 Å². The van der Waals surface area contributed by atoms with E-state index in [1.807, 2.05) is 13.8 Å². The van der Waals surface area contributed by atoms with Gasteiger partial charge in [0.1, 0.15) is 5.82 Å². The van der Waals surface area contributed by atoms with Crippen LogP contribution in [0.25, 0.3) is 0 Å². The lowest BCUT2D eigenvalue weighted by Gasteiger charge is -2.20. The highest BCUT2D eigenvalue weighted by atomic mass is 32.2. The minimum absolute atomic E-state index is 0.134. The van der Waals surface area contributed by atoms with E-state index >= 15 is 0 Å². The Labute approximate surface area is 144 Å². The van der Waals surface area contributed by atoms with Crippen LogP contribution in [0.2, 0.25) is 0 Å². The molecule has 0 bridgehead atoms. The van der Waals surface area contributed by atoms with Crippen molar-refractivity contribution >= 4 is 15.9 Å². The highest BCUT2D eigenvalue weighted by Crippen LogP contribution is 2.07. The molecule has 1 amide bonds. The third-order valence-corrected chi connectivity index (χ3v) is 4.97. The Kier molecular flexibility index (Phi) is 8.35. The average Bonchev–Trinajstić information content (AvgIpc) is 2.47. The fourth-order valence-corrected chi connectivity index (χ4v) is 3.02. The van der Waals surface area contributed by atoms with Crippen molar-refractivity contribution in [2.24, 2.45) is 5.92 Å². The summed E-state index contributed by atoms with van der Waals surface area (Å²) in [6.07, 6.45) is 2.67. The molecule has 0 aliphatic carbocycles. The molecule has 1 aromatic rings. The summed E-state index contributed by atoms with van der Waals surface area (Å²) in [6.45, 7) is 5.12. The van der Waals surface area contributed by atoms with Gasteiger partial charge < -0.3 is 5.32 Å². The Morgan fingerprint density at radius 2 is 1.83 bits per heavy atom. The molecule has 0 aliphatic rings. The summed E-state index contributed by atoms with van der Waals surface area (Å²) in [7, 11) is -3.31. The molecule has 5 nitrogen and oxygen atoms in total. The maximum Gasteiger partial charge on any atom is 0.221 e. The maximum atomic E-state index is 12.8. The van der Waals surface area contributed by atoms with E-state index in [4.69, 9.17) is 0 Å². The number of sulfonamides is 1. The Bertz CT molecular complexity index is 615. The topological polar surface area (TPSA) is 66.5 Å². The van der Waals surface area contributed by atoms with Crippen molar-refractivity contribution < 1.29 is 17.6 Å². The molecule has 0 unspecified atom stereocenters. The number of rotatable bonds is 10. The SMILES string of the molecule is CC(C)CCN(CCC(=O)NCCc1ccc(F)cc1)S(C)(=O)=O. The number of hydrogen-bond donors (Lipinski definition) is 1. The van der Waals surface area contributed by atoms with E-state index in [0.29, 0.717) is 25.4 Å². The molecule has 1 aromatic carbocycles. The fraction of sp³-hybridized carbons (Fsp3) is 0.588. The van der Waals surface area contributed by atoms with Crippen LogP contribution in [-0.4, -0.2) is 44.5 Å². The van der Waals surface area contributed by atoms with Gasteiger partial charge in [0.2, 0.25) is 15.9 Å². The van der Waals surface area contributed by atoms with Crippen LogP contribution < -0.4 is 5.32 Å². The fourth-order valence-electron chi connectivity index (χ4n) is 2.16. The van der Waals surface area contributed by atoms with Crippen molar-refractivity contribution in [1.82, 2.24) is 9.62 Å². The molecular formula is C17H27FN2O3S. The van der Waals surface area contributed by atoms with Crippen molar-refractivity contribution in [1.29, 1.82) is 0 Å². The lowest BCUT2D eigenvalue weighted by molar-refractivity contribution is -0.121. The summed E-state index contributed by atoms with van der Waals surface area (Å²) in [5.74, 6) is -0.0702. The number of carbonyl (C=O) groups is 1. The van der Waals surface area contributed by atoms with E-state index in [9.17, 15) is 17.6 Å². The number of carbonyl (C=O) groups excluding carboxylic acids is 1. The monoisotopic (exact) mass is 358 g/mol. The van der Waals surface area contributed by atoms with Gasteiger partial charge in [-0.05, 0) is 36.5 Å². The molecule has 24 heavy (non-hydrogen) atoms. The molecule has 7 heteroatoms. The molecule has 0 atom stereocenters. The molecule has 0 saturated carbocycles. The van der Waals surface area contributed by atoms with Crippen LogP contribution in [0.15, 0.2) is 24.3 Å². The molecule has 0 saturated heterocycles. The summed E-state index contributed by atoms with van der Waals surface area (Å²) in [6, 6.07) is 6.13. The van der Waals surface area contributed by atoms with Crippen molar-refractivity contribution in [2.45, 2.75) is 33.1 Å². The summed E-state index contributed by atoms with van der Waals surface area (Å²) in [5, 5.41) is 2.76. The van der Waals surface area contributed by atoms with Crippen LogP contribution >= 0.6 is 0 Å². The molecule has 136 valence electrons. The molecule has 1 rings (SSSR count). The van der Waals surface area contributed by atoms with Crippen molar-refractivity contribution in [3.8, 4) is 0 Å². The van der Waals surface area contributed by atoms with Crippen molar-refractivity contribution in [2.75, 3.05) is 25.9 Å². The van der Waals surface area contributed by atoms with E-state index in [1.54, 1.807) is 12.1 Å². The molecule has 0 spiro atoms. The standard InChI is InChI=1S/C17H27FN2O3S/c1-14(2)9-12-20(24(3,22)23)13-10-17(21)19-11-8-15-4-6-16(18)7-5-15/h4-7,14H,8-13H2,1-3H3,(H,19,21). The van der Waals surface area contributed by atoms with Gasteiger partial charge in [0.25, 0.3) is 0 Å². The molecule has 0 aliphatic heterocycles. The Morgan fingerprint density at radius 3 is 2.38 bits per heavy atom. The highest BCUT2D eigenvalue weighted by Gasteiger charge is 2.17. The first-order chi connectivity index (χ1) is 11.2. The van der Waals surface area contributed by atoms with Crippen molar-refractivity contribution in [3.63, 3.8) is 0 Å². The Balaban J connectivity index is 2.35. The summed E-state index contributed by atoms with van der Waals surface area (Å²) in [5.41, 5.74) is 0.936.